The lowest BCUT2D eigenvalue weighted by molar-refractivity contribution is -0.382. The lowest BCUT2D eigenvalue weighted by Crippen LogP contribution is -2.28. The van der Waals surface area contributed by atoms with Gasteiger partial charge in [-0.2, -0.15) is 0 Å². The van der Waals surface area contributed by atoms with Gasteiger partial charge in [-0.3, -0.25) is 15.1 Å². The Bertz CT molecular complexity index is 610. The number of aliphatic hydroxyl groups is 1. The molecule has 0 radical (unpaired) electrons. The molecule has 20 heavy (non-hydrogen) atoms. The predicted molar refractivity (Wildman–Crippen MR) is 78.0 cm³/mol. The molecule has 0 spiro atoms. The van der Waals surface area contributed by atoms with Gasteiger partial charge in [0.2, 0.25) is 0 Å². The normalized spacial score (nSPS) is 10.7. The standard InChI is InChI=1S/C14H17N3O3/c1-2-8-16(9-10-18)13-6-5-12-11(4-3-7-15-12)14(13)17(19)20/h3-7,18H,2,8-10H2,1H3. The Morgan fingerprint density at radius 2 is 2.15 bits per heavy atom. The number of pyridine rings is 1. The van der Waals surface area contributed by atoms with E-state index in [2.05, 4.69) is 4.98 Å². The lowest BCUT2D eigenvalue weighted by atomic mass is 10.1. The molecule has 0 aliphatic carbocycles. The van der Waals surface area contributed by atoms with E-state index in [1.165, 1.54) is 0 Å². The molecule has 1 aromatic heterocycles. The third kappa shape index (κ3) is 2.70. The average molecular weight is 275 g/mol. The van der Waals surface area contributed by atoms with E-state index in [-0.39, 0.29) is 17.2 Å². The maximum absolute atomic E-state index is 11.4. The number of nitro benzene ring substituents is 1. The highest BCUT2D eigenvalue weighted by molar-refractivity contribution is 5.94. The van der Waals surface area contributed by atoms with E-state index >= 15 is 0 Å². The lowest BCUT2D eigenvalue weighted by Gasteiger charge is -2.23. The van der Waals surface area contributed by atoms with Gasteiger partial charge < -0.3 is 10.0 Å². The smallest absolute Gasteiger partial charge is 0.301 e. The number of benzene rings is 1. The average Bonchev–Trinajstić information content (AvgIpc) is 2.45. The number of nitro groups is 1. The van der Waals surface area contributed by atoms with Crippen LogP contribution < -0.4 is 4.90 Å². The Kier molecular flexibility index (Phi) is 4.47. The van der Waals surface area contributed by atoms with Crippen molar-refractivity contribution < 1.29 is 10.0 Å². The third-order valence-corrected chi connectivity index (χ3v) is 3.12. The van der Waals surface area contributed by atoms with E-state index in [9.17, 15) is 10.1 Å². The van der Waals surface area contributed by atoms with Crippen LogP contribution >= 0.6 is 0 Å². The first-order valence-electron chi connectivity index (χ1n) is 6.57. The van der Waals surface area contributed by atoms with E-state index in [4.69, 9.17) is 5.11 Å². The van der Waals surface area contributed by atoms with Crippen LogP contribution in [0.15, 0.2) is 30.5 Å². The summed E-state index contributed by atoms with van der Waals surface area (Å²) >= 11 is 0. The van der Waals surface area contributed by atoms with Gasteiger partial charge in [0.05, 0.1) is 22.4 Å². The SMILES string of the molecule is CCCN(CCO)c1ccc2ncccc2c1[N+](=O)[O-]. The molecule has 0 bridgehead atoms. The van der Waals surface area contributed by atoms with E-state index in [0.29, 0.717) is 29.7 Å². The summed E-state index contributed by atoms with van der Waals surface area (Å²) in [6.07, 6.45) is 2.46. The van der Waals surface area contributed by atoms with Gasteiger partial charge in [-0.05, 0) is 30.7 Å². The molecular weight excluding hydrogens is 258 g/mol. The summed E-state index contributed by atoms with van der Waals surface area (Å²) in [5, 5.41) is 21.1. The fourth-order valence-electron chi connectivity index (χ4n) is 2.32. The first kappa shape index (κ1) is 14.2. The highest BCUT2D eigenvalue weighted by atomic mass is 16.6. The van der Waals surface area contributed by atoms with Gasteiger partial charge >= 0.3 is 5.69 Å². The number of anilines is 1. The second kappa shape index (κ2) is 6.29. The van der Waals surface area contributed by atoms with Crippen LogP contribution in [0, 0.1) is 10.1 Å². The Labute approximate surface area is 116 Å². The van der Waals surface area contributed by atoms with Crippen LogP contribution in [0.1, 0.15) is 13.3 Å². The molecule has 2 rings (SSSR count). The maximum Gasteiger partial charge on any atom is 0.301 e. The second-order valence-corrected chi connectivity index (χ2v) is 4.47. The zero-order valence-corrected chi connectivity index (χ0v) is 11.3. The molecule has 6 heteroatoms. The zero-order valence-electron chi connectivity index (χ0n) is 11.3. The number of aromatic nitrogens is 1. The van der Waals surface area contributed by atoms with Crippen molar-refractivity contribution in [3.05, 3.63) is 40.6 Å². The Hall–Kier alpha value is -2.21. The summed E-state index contributed by atoms with van der Waals surface area (Å²) < 4.78 is 0. The van der Waals surface area contributed by atoms with Gasteiger partial charge in [0, 0.05) is 19.3 Å². The quantitative estimate of drug-likeness (QED) is 0.646. The number of fused-ring (bicyclic) bond motifs is 1. The monoisotopic (exact) mass is 275 g/mol. The van der Waals surface area contributed by atoms with Crippen LogP contribution in [0.25, 0.3) is 10.9 Å². The Morgan fingerprint density at radius 1 is 1.35 bits per heavy atom. The fraction of sp³-hybridized carbons (Fsp3) is 0.357. The van der Waals surface area contributed by atoms with Gasteiger partial charge in [0.15, 0.2) is 0 Å². The van der Waals surface area contributed by atoms with Crippen molar-refractivity contribution in [2.75, 3.05) is 24.6 Å². The molecule has 0 atom stereocenters. The largest absolute Gasteiger partial charge is 0.395 e. The summed E-state index contributed by atoms with van der Waals surface area (Å²) in [5.74, 6) is 0. The van der Waals surface area contributed by atoms with Gasteiger partial charge in [-0.15, -0.1) is 0 Å². The highest BCUT2D eigenvalue weighted by Gasteiger charge is 2.22. The Balaban J connectivity index is 2.62. The number of rotatable bonds is 6. The number of nitrogens with zero attached hydrogens (tertiary/aromatic N) is 3. The second-order valence-electron chi connectivity index (χ2n) is 4.47. The van der Waals surface area contributed by atoms with Crippen molar-refractivity contribution in [3.8, 4) is 0 Å². The summed E-state index contributed by atoms with van der Waals surface area (Å²) in [4.78, 5) is 17.0. The Morgan fingerprint density at radius 3 is 2.80 bits per heavy atom. The minimum Gasteiger partial charge on any atom is -0.395 e. The maximum atomic E-state index is 11.4. The molecule has 0 aliphatic rings. The van der Waals surface area contributed by atoms with E-state index in [0.717, 1.165) is 6.42 Å². The summed E-state index contributed by atoms with van der Waals surface area (Å²) in [5.41, 5.74) is 1.19. The minimum absolute atomic E-state index is 0.0395. The molecule has 6 nitrogen and oxygen atoms in total. The zero-order chi connectivity index (χ0) is 14.5. The van der Waals surface area contributed by atoms with Crippen molar-refractivity contribution >= 4 is 22.3 Å². The van der Waals surface area contributed by atoms with Gasteiger partial charge in [-0.25, -0.2) is 0 Å². The molecule has 0 aliphatic heterocycles. The molecular formula is C14H17N3O3. The molecule has 0 unspecified atom stereocenters. The van der Waals surface area contributed by atoms with Gasteiger partial charge in [0.25, 0.3) is 0 Å². The summed E-state index contributed by atoms with van der Waals surface area (Å²) in [6.45, 7) is 2.99. The van der Waals surface area contributed by atoms with Crippen molar-refractivity contribution in [1.82, 2.24) is 4.98 Å². The first-order valence-corrected chi connectivity index (χ1v) is 6.57. The third-order valence-electron chi connectivity index (χ3n) is 3.12. The van der Waals surface area contributed by atoms with Crippen LogP contribution in [-0.2, 0) is 0 Å². The van der Waals surface area contributed by atoms with Gasteiger partial charge in [-0.1, -0.05) is 6.92 Å². The van der Waals surface area contributed by atoms with Crippen LogP contribution in [0.3, 0.4) is 0 Å². The number of hydrogen-bond donors (Lipinski definition) is 1. The molecule has 0 fully saturated rings. The molecule has 1 N–H and O–H groups in total. The molecule has 0 saturated carbocycles. The minimum atomic E-state index is -0.376. The van der Waals surface area contributed by atoms with E-state index in [1.807, 2.05) is 11.8 Å². The topological polar surface area (TPSA) is 79.5 Å². The highest BCUT2D eigenvalue weighted by Crippen LogP contribution is 2.35. The van der Waals surface area contributed by atoms with Crippen molar-refractivity contribution in [2.45, 2.75) is 13.3 Å². The molecule has 1 aromatic carbocycles. The van der Waals surface area contributed by atoms with E-state index < -0.39 is 0 Å². The van der Waals surface area contributed by atoms with Gasteiger partial charge in [0.1, 0.15) is 5.69 Å². The molecule has 0 amide bonds. The van der Waals surface area contributed by atoms with Crippen LogP contribution in [0.2, 0.25) is 0 Å². The predicted octanol–water partition coefficient (Wildman–Crippen LogP) is 2.35. The molecule has 1 heterocycles. The number of aliphatic hydroxyl groups excluding tert-OH is 1. The summed E-state index contributed by atoms with van der Waals surface area (Å²) in [7, 11) is 0. The molecule has 0 saturated heterocycles. The summed E-state index contributed by atoms with van der Waals surface area (Å²) in [6, 6.07) is 6.87. The van der Waals surface area contributed by atoms with Crippen molar-refractivity contribution in [3.63, 3.8) is 0 Å². The number of hydrogen-bond acceptors (Lipinski definition) is 5. The van der Waals surface area contributed by atoms with Crippen molar-refractivity contribution in [1.29, 1.82) is 0 Å². The fourth-order valence-corrected chi connectivity index (χ4v) is 2.32. The van der Waals surface area contributed by atoms with Crippen molar-refractivity contribution in [2.24, 2.45) is 0 Å². The van der Waals surface area contributed by atoms with Crippen LogP contribution in [0.5, 0.6) is 0 Å². The first-order chi connectivity index (χ1) is 9.69. The molecule has 106 valence electrons. The molecule has 2 aromatic rings. The van der Waals surface area contributed by atoms with Crippen LogP contribution in [0.4, 0.5) is 11.4 Å². The van der Waals surface area contributed by atoms with Crippen LogP contribution in [-0.4, -0.2) is 34.7 Å². The van der Waals surface area contributed by atoms with E-state index in [1.54, 1.807) is 30.5 Å².